The Morgan fingerprint density at radius 1 is 1.09 bits per heavy atom. The zero-order valence-electron chi connectivity index (χ0n) is 14.3. The Kier molecular flexibility index (Phi) is 5.87. The van der Waals surface area contributed by atoms with Crippen LogP contribution in [0.5, 0.6) is 0 Å². The predicted molar refractivity (Wildman–Crippen MR) is 93.6 cm³/mol. The van der Waals surface area contributed by atoms with E-state index in [0.717, 1.165) is 31.2 Å². The van der Waals surface area contributed by atoms with Crippen molar-refractivity contribution in [2.24, 2.45) is 5.92 Å². The van der Waals surface area contributed by atoms with Gasteiger partial charge in [-0.15, -0.1) is 0 Å². The molecular formula is C18H29NO3S. The van der Waals surface area contributed by atoms with Gasteiger partial charge in [0.15, 0.2) is 0 Å². The first-order valence-corrected chi connectivity index (χ1v) is 9.95. The molecular weight excluding hydrogens is 310 g/mol. The molecule has 0 amide bonds. The van der Waals surface area contributed by atoms with Crippen LogP contribution in [-0.4, -0.2) is 24.4 Å². The first-order chi connectivity index (χ1) is 10.7. The number of nitrogens with one attached hydrogen (secondary N) is 1. The number of sulfonamides is 1. The van der Waals surface area contributed by atoms with Crippen LogP contribution in [0.15, 0.2) is 30.3 Å². The minimum atomic E-state index is -3.54. The standard InChI is InChI=1S/C18H29NO3S/c1-18(2,3)23(21,22)19-16(14-10-6-4-7-11-14)17(20)15-12-8-5-9-13-15/h4,6-7,10-11,15-17,19-20H,5,8-9,12-13H2,1-3H3/t16-,17-/m1/s1. The summed E-state index contributed by atoms with van der Waals surface area (Å²) in [5.41, 5.74) is 0.818. The van der Waals surface area contributed by atoms with Crippen molar-refractivity contribution in [3.63, 3.8) is 0 Å². The van der Waals surface area contributed by atoms with Crippen LogP contribution in [0.1, 0.15) is 64.5 Å². The van der Waals surface area contributed by atoms with E-state index in [-0.39, 0.29) is 5.92 Å². The molecule has 2 N–H and O–H groups in total. The molecule has 0 unspecified atom stereocenters. The van der Waals surface area contributed by atoms with Crippen molar-refractivity contribution in [3.8, 4) is 0 Å². The molecule has 0 saturated heterocycles. The molecule has 2 rings (SSSR count). The summed E-state index contributed by atoms with van der Waals surface area (Å²) >= 11 is 0. The van der Waals surface area contributed by atoms with Gasteiger partial charge in [0.05, 0.1) is 16.9 Å². The van der Waals surface area contributed by atoms with E-state index < -0.39 is 26.9 Å². The summed E-state index contributed by atoms with van der Waals surface area (Å²) in [4.78, 5) is 0. The molecule has 0 aromatic heterocycles. The van der Waals surface area contributed by atoms with Crippen LogP contribution in [-0.2, 0) is 10.0 Å². The third-order valence-corrected chi connectivity index (χ3v) is 6.90. The van der Waals surface area contributed by atoms with Crippen LogP contribution in [0, 0.1) is 5.92 Å². The van der Waals surface area contributed by atoms with Gasteiger partial charge in [0.1, 0.15) is 0 Å². The van der Waals surface area contributed by atoms with E-state index in [9.17, 15) is 13.5 Å². The number of aliphatic hydroxyl groups is 1. The van der Waals surface area contributed by atoms with E-state index >= 15 is 0 Å². The minimum Gasteiger partial charge on any atom is -0.391 e. The van der Waals surface area contributed by atoms with Gasteiger partial charge < -0.3 is 5.11 Å². The lowest BCUT2D eigenvalue weighted by molar-refractivity contribution is 0.0565. The molecule has 2 atom stereocenters. The number of benzene rings is 1. The molecule has 0 heterocycles. The Hall–Kier alpha value is -0.910. The summed E-state index contributed by atoms with van der Waals surface area (Å²) in [7, 11) is -3.54. The van der Waals surface area contributed by atoms with Gasteiger partial charge in [-0.05, 0) is 45.1 Å². The van der Waals surface area contributed by atoms with Gasteiger partial charge in [-0.2, -0.15) is 0 Å². The quantitative estimate of drug-likeness (QED) is 0.864. The van der Waals surface area contributed by atoms with Crippen molar-refractivity contribution in [2.45, 2.75) is 69.8 Å². The van der Waals surface area contributed by atoms with E-state index in [1.165, 1.54) is 6.42 Å². The van der Waals surface area contributed by atoms with Gasteiger partial charge >= 0.3 is 0 Å². The second kappa shape index (κ2) is 7.32. The van der Waals surface area contributed by atoms with Crippen LogP contribution < -0.4 is 4.72 Å². The number of hydrogen-bond acceptors (Lipinski definition) is 3. The first-order valence-electron chi connectivity index (χ1n) is 8.47. The highest BCUT2D eigenvalue weighted by atomic mass is 32.2. The van der Waals surface area contributed by atoms with Gasteiger partial charge in [-0.25, -0.2) is 13.1 Å². The van der Waals surface area contributed by atoms with Crippen LogP contribution in [0.3, 0.4) is 0 Å². The zero-order chi connectivity index (χ0) is 17.1. The Morgan fingerprint density at radius 2 is 1.65 bits per heavy atom. The molecule has 0 aliphatic heterocycles. The van der Waals surface area contributed by atoms with Crippen LogP contribution in [0.2, 0.25) is 0 Å². The summed E-state index contributed by atoms with van der Waals surface area (Å²) in [6.45, 7) is 5.01. The molecule has 0 radical (unpaired) electrons. The lowest BCUT2D eigenvalue weighted by Crippen LogP contribution is -2.46. The highest BCUT2D eigenvalue weighted by Gasteiger charge is 2.37. The summed E-state index contributed by atoms with van der Waals surface area (Å²) < 4.78 is 27.1. The van der Waals surface area contributed by atoms with Crippen molar-refractivity contribution in [3.05, 3.63) is 35.9 Å². The summed E-state index contributed by atoms with van der Waals surface area (Å²) in [5, 5.41) is 10.9. The fourth-order valence-electron chi connectivity index (χ4n) is 3.09. The molecule has 1 aliphatic carbocycles. The largest absolute Gasteiger partial charge is 0.391 e. The molecule has 1 aromatic carbocycles. The molecule has 0 spiro atoms. The molecule has 5 heteroatoms. The Labute approximate surface area is 140 Å². The van der Waals surface area contributed by atoms with Crippen LogP contribution in [0.25, 0.3) is 0 Å². The second-order valence-electron chi connectivity index (χ2n) is 7.51. The van der Waals surface area contributed by atoms with Gasteiger partial charge in [0.25, 0.3) is 0 Å². The van der Waals surface area contributed by atoms with Crippen LogP contribution >= 0.6 is 0 Å². The van der Waals surface area contributed by atoms with E-state index in [1.807, 2.05) is 30.3 Å². The maximum absolute atomic E-state index is 12.6. The van der Waals surface area contributed by atoms with Crippen molar-refractivity contribution in [2.75, 3.05) is 0 Å². The highest BCUT2D eigenvalue weighted by Crippen LogP contribution is 2.33. The second-order valence-corrected chi connectivity index (χ2v) is 9.98. The summed E-state index contributed by atoms with van der Waals surface area (Å²) in [6.07, 6.45) is 4.64. The average molecular weight is 340 g/mol. The normalized spacial score (nSPS) is 20.2. The van der Waals surface area contributed by atoms with Crippen LogP contribution in [0.4, 0.5) is 0 Å². The van der Waals surface area contributed by atoms with E-state index in [1.54, 1.807) is 20.8 Å². The minimum absolute atomic E-state index is 0.150. The molecule has 1 fully saturated rings. The van der Waals surface area contributed by atoms with Crippen molar-refractivity contribution in [1.82, 2.24) is 4.72 Å². The van der Waals surface area contributed by atoms with Gasteiger partial charge in [-0.3, -0.25) is 0 Å². The lowest BCUT2D eigenvalue weighted by Gasteiger charge is -2.34. The van der Waals surface area contributed by atoms with E-state index in [4.69, 9.17) is 0 Å². The Morgan fingerprint density at radius 3 is 2.17 bits per heavy atom. The number of hydrogen-bond donors (Lipinski definition) is 2. The topological polar surface area (TPSA) is 66.4 Å². The summed E-state index contributed by atoms with van der Waals surface area (Å²) in [5.74, 6) is 0.150. The number of aliphatic hydroxyl groups excluding tert-OH is 1. The van der Waals surface area contributed by atoms with Crippen molar-refractivity contribution >= 4 is 10.0 Å². The molecule has 1 saturated carbocycles. The molecule has 1 aromatic rings. The highest BCUT2D eigenvalue weighted by molar-refractivity contribution is 7.90. The smallest absolute Gasteiger partial charge is 0.217 e. The first kappa shape index (κ1) is 18.4. The van der Waals surface area contributed by atoms with E-state index in [0.29, 0.717) is 0 Å². The zero-order valence-corrected chi connectivity index (χ0v) is 15.1. The van der Waals surface area contributed by atoms with Gasteiger partial charge in [0.2, 0.25) is 10.0 Å². The Bertz CT molecular complexity index is 586. The molecule has 0 bridgehead atoms. The Balaban J connectivity index is 2.29. The maximum atomic E-state index is 12.6. The molecule has 23 heavy (non-hydrogen) atoms. The molecule has 1 aliphatic rings. The molecule has 130 valence electrons. The fraction of sp³-hybridized carbons (Fsp3) is 0.667. The maximum Gasteiger partial charge on any atom is 0.217 e. The third kappa shape index (κ3) is 4.55. The molecule has 4 nitrogen and oxygen atoms in total. The van der Waals surface area contributed by atoms with Gasteiger partial charge in [0, 0.05) is 0 Å². The number of rotatable bonds is 5. The lowest BCUT2D eigenvalue weighted by atomic mass is 9.81. The average Bonchev–Trinajstić information content (AvgIpc) is 2.52. The third-order valence-electron chi connectivity index (χ3n) is 4.72. The van der Waals surface area contributed by atoms with Gasteiger partial charge in [-0.1, -0.05) is 49.6 Å². The van der Waals surface area contributed by atoms with E-state index in [2.05, 4.69) is 4.72 Å². The summed E-state index contributed by atoms with van der Waals surface area (Å²) in [6, 6.07) is 8.81. The predicted octanol–water partition coefficient (Wildman–Crippen LogP) is 3.39. The SMILES string of the molecule is CC(C)(C)S(=O)(=O)N[C@H](c1ccccc1)[C@H](O)C1CCCCC1. The monoisotopic (exact) mass is 339 g/mol. The fourth-order valence-corrected chi connectivity index (χ4v) is 4.05. The van der Waals surface area contributed by atoms with Crippen molar-refractivity contribution in [1.29, 1.82) is 0 Å². The van der Waals surface area contributed by atoms with Crippen molar-refractivity contribution < 1.29 is 13.5 Å².